The Labute approximate surface area is 181 Å². The van der Waals surface area contributed by atoms with Gasteiger partial charge in [-0.3, -0.25) is 0 Å². The lowest BCUT2D eigenvalue weighted by Gasteiger charge is -2.35. The number of hydrogen-bond donors (Lipinski definition) is 0. The van der Waals surface area contributed by atoms with E-state index in [2.05, 4.69) is 95.3 Å². The first-order chi connectivity index (χ1) is 14.4. The minimum absolute atomic E-state index is 0.102. The summed E-state index contributed by atoms with van der Waals surface area (Å²) in [5.74, 6) is 2.09. The highest BCUT2D eigenvalue weighted by molar-refractivity contribution is 6.06. The van der Waals surface area contributed by atoms with Gasteiger partial charge in [0.2, 0.25) is 0 Å². The normalized spacial score (nSPS) is 24.1. The van der Waals surface area contributed by atoms with Crippen molar-refractivity contribution in [2.24, 2.45) is 17.8 Å². The van der Waals surface area contributed by atoms with Gasteiger partial charge in [-0.05, 0) is 87.4 Å². The van der Waals surface area contributed by atoms with Crippen LogP contribution < -0.4 is 0 Å². The van der Waals surface area contributed by atoms with Gasteiger partial charge >= 0.3 is 0 Å². The van der Waals surface area contributed by atoms with Gasteiger partial charge in [0.25, 0.3) is 0 Å². The lowest BCUT2D eigenvalue weighted by atomic mass is 9.69. The van der Waals surface area contributed by atoms with Gasteiger partial charge in [0.1, 0.15) is 0 Å². The van der Waals surface area contributed by atoms with E-state index in [0.717, 1.165) is 18.3 Å². The first-order valence-electron chi connectivity index (χ1n) is 11.7. The van der Waals surface area contributed by atoms with Crippen LogP contribution in [0.2, 0.25) is 0 Å². The number of rotatable bonds is 2. The molecule has 0 N–H and O–H groups in total. The van der Waals surface area contributed by atoms with E-state index in [1.807, 2.05) is 0 Å². The minimum Gasteiger partial charge on any atom is -0.0879 e. The van der Waals surface area contributed by atoms with Crippen LogP contribution in [-0.2, 0) is 5.41 Å². The van der Waals surface area contributed by atoms with Crippen molar-refractivity contribution < 1.29 is 0 Å². The molecule has 0 bridgehead atoms. The van der Waals surface area contributed by atoms with Crippen molar-refractivity contribution in [2.45, 2.75) is 59.3 Å². The Morgan fingerprint density at radius 2 is 1.67 bits per heavy atom. The zero-order chi connectivity index (χ0) is 21.0. The highest BCUT2D eigenvalue weighted by Crippen LogP contribution is 2.55. The molecule has 154 valence electrons. The molecule has 0 heterocycles. The van der Waals surface area contributed by atoms with Gasteiger partial charge in [-0.2, -0.15) is 0 Å². The monoisotopic (exact) mass is 394 g/mol. The molecule has 3 aromatic rings. The molecule has 0 aliphatic heterocycles. The number of benzene rings is 3. The average Bonchev–Trinajstić information content (AvgIpc) is 2.93. The van der Waals surface area contributed by atoms with E-state index in [4.69, 9.17) is 0 Å². The van der Waals surface area contributed by atoms with E-state index in [1.54, 1.807) is 11.1 Å². The fraction of sp³-hybridized carbons (Fsp3) is 0.400. The molecule has 5 rings (SSSR count). The van der Waals surface area contributed by atoms with E-state index >= 15 is 0 Å². The van der Waals surface area contributed by atoms with Gasteiger partial charge in [-0.25, -0.2) is 0 Å². The summed E-state index contributed by atoms with van der Waals surface area (Å²) >= 11 is 0. The molecule has 0 nitrogen and oxygen atoms in total. The maximum Gasteiger partial charge on any atom is 0.0120 e. The number of hydrogen-bond acceptors (Lipinski definition) is 0. The summed E-state index contributed by atoms with van der Waals surface area (Å²) in [7, 11) is 0. The zero-order valence-corrected chi connectivity index (χ0v) is 19.1. The molecular formula is C30H34. The summed E-state index contributed by atoms with van der Waals surface area (Å²) in [6.07, 6.45) is 8.49. The molecule has 2 aliphatic rings. The van der Waals surface area contributed by atoms with Crippen molar-refractivity contribution in [2.75, 3.05) is 0 Å². The highest BCUT2D eigenvalue weighted by Gasteiger charge is 2.42. The SMILES string of the molecule is CC(C)CC1C/C=C\CC2=C(C1C)C(C)(C)c1ccc3cc4ccccc4cc3c12. The Balaban J connectivity index is 1.77. The fourth-order valence-corrected chi connectivity index (χ4v) is 6.39. The van der Waals surface area contributed by atoms with E-state index in [-0.39, 0.29) is 5.41 Å². The third kappa shape index (κ3) is 2.96. The topological polar surface area (TPSA) is 0 Å². The summed E-state index contributed by atoms with van der Waals surface area (Å²) in [5, 5.41) is 5.48. The van der Waals surface area contributed by atoms with Gasteiger partial charge in [-0.1, -0.05) is 88.7 Å². The van der Waals surface area contributed by atoms with Crippen LogP contribution in [-0.4, -0.2) is 0 Å². The molecule has 2 unspecified atom stereocenters. The predicted molar refractivity (Wildman–Crippen MR) is 132 cm³/mol. The second kappa shape index (κ2) is 7.12. The largest absolute Gasteiger partial charge is 0.0879 e. The summed E-state index contributed by atoms with van der Waals surface area (Å²) in [6, 6.07) is 18.4. The first-order valence-corrected chi connectivity index (χ1v) is 11.7. The third-order valence-electron chi connectivity index (χ3n) is 7.72. The van der Waals surface area contributed by atoms with Crippen LogP contribution in [0.5, 0.6) is 0 Å². The van der Waals surface area contributed by atoms with Crippen molar-refractivity contribution in [1.29, 1.82) is 0 Å². The predicted octanol–water partition coefficient (Wildman–Crippen LogP) is 8.69. The van der Waals surface area contributed by atoms with Gasteiger partial charge in [0.05, 0.1) is 0 Å². The second-order valence-electron chi connectivity index (χ2n) is 10.5. The number of allylic oxidation sites excluding steroid dienone is 4. The summed E-state index contributed by atoms with van der Waals surface area (Å²) < 4.78 is 0. The van der Waals surface area contributed by atoms with Crippen molar-refractivity contribution in [1.82, 2.24) is 0 Å². The lowest BCUT2D eigenvalue weighted by molar-refractivity contribution is 0.313. The molecule has 0 spiro atoms. The maximum atomic E-state index is 2.51. The Kier molecular flexibility index (Phi) is 4.65. The summed E-state index contributed by atoms with van der Waals surface area (Å²) in [6.45, 7) is 12.2. The Hall–Kier alpha value is -2.34. The smallest absolute Gasteiger partial charge is 0.0120 e. The van der Waals surface area contributed by atoms with Crippen LogP contribution in [0.3, 0.4) is 0 Å². The summed E-state index contributed by atoms with van der Waals surface area (Å²) in [4.78, 5) is 0. The van der Waals surface area contributed by atoms with Crippen molar-refractivity contribution in [3.63, 3.8) is 0 Å². The van der Waals surface area contributed by atoms with Crippen molar-refractivity contribution in [3.05, 3.63) is 77.4 Å². The van der Waals surface area contributed by atoms with Crippen LogP contribution in [0.25, 0.3) is 27.1 Å². The van der Waals surface area contributed by atoms with Crippen LogP contribution in [0.15, 0.2) is 66.3 Å². The Bertz CT molecular complexity index is 1190. The van der Waals surface area contributed by atoms with Gasteiger partial charge in [-0.15, -0.1) is 0 Å². The molecule has 30 heavy (non-hydrogen) atoms. The fourth-order valence-electron chi connectivity index (χ4n) is 6.39. The Morgan fingerprint density at radius 1 is 0.933 bits per heavy atom. The molecule has 0 aromatic heterocycles. The van der Waals surface area contributed by atoms with Gasteiger partial charge in [0, 0.05) is 5.41 Å². The van der Waals surface area contributed by atoms with E-state index in [0.29, 0.717) is 5.92 Å². The van der Waals surface area contributed by atoms with Crippen LogP contribution >= 0.6 is 0 Å². The molecule has 0 radical (unpaired) electrons. The first kappa shape index (κ1) is 19.6. The van der Waals surface area contributed by atoms with E-state index in [1.165, 1.54) is 45.5 Å². The quantitative estimate of drug-likeness (QED) is 0.301. The van der Waals surface area contributed by atoms with Crippen LogP contribution in [0, 0.1) is 17.8 Å². The summed E-state index contributed by atoms with van der Waals surface area (Å²) in [5.41, 5.74) is 6.46. The average molecular weight is 395 g/mol. The van der Waals surface area contributed by atoms with Crippen LogP contribution in [0.4, 0.5) is 0 Å². The zero-order valence-electron chi connectivity index (χ0n) is 19.1. The number of fused-ring (bicyclic) bond motifs is 5. The van der Waals surface area contributed by atoms with Gasteiger partial charge < -0.3 is 0 Å². The molecule has 3 aromatic carbocycles. The van der Waals surface area contributed by atoms with Crippen molar-refractivity contribution in [3.8, 4) is 0 Å². The highest BCUT2D eigenvalue weighted by atomic mass is 14.5. The molecule has 0 saturated heterocycles. The maximum absolute atomic E-state index is 2.51. The molecule has 0 saturated carbocycles. The molecule has 0 fully saturated rings. The lowest BCUT2D eigenvalue weighted by Crippen LogP contribution is -2.27. The van der Waals surface area contributed by atoms with Crippen LogP contribution in [0.1, 0.15) is 65.0 Å². The van der Waals surface area contributed by atoms with Crippen molar-refractivity contribution >= 4 is 27.1 Å². The standard InChI is InChI=1S/C30H34/c1-19(2)16-21-10-8-9-13-25-28-26-18-23-12-7-6-11-22(23)17-24(26)14-15-27(28)30(4,5)29(25)20(21)3/h6-9,11-12,14-15,17-21H,10,13,16H2,1-5H3/b9-8-. The van der Waals surface area contributed by atoms with E-state index in [9.17, 15) is 0 Å². The third-order valence-corrected chi connectivity index (χ3v) is 7.72. The molecule has 2 aliphatic carbocycles. The van der Waals surface area contributed by atoms with E-state index < -0.39 is 0 Å². The molecule has 0 amide bonds. The second-order valence-corrected chi connectivity index (χ2v) is 10.5. The molecule has 2 atom stereocenters. The Morgan fingerprint density at radius 3 is 2.40 bits per heavy atom. The van der Waals surface area contributed by atoms with Gasteiger partial charge in [0.15, 0.2) is 0 Å². The minimum atomic E-state index is 0.102. The molecule has 0 heteroatoms. The molecular weight excluding hydrogens is 360 g/mol.